The molecule has 0 heterocycles. The van der Waals surface area contributed by atoms with Gasteiger partial charge in [-0.3, -0.25) is 0 Å². The summed E-state index contributed by atoms with van der Waals surface area (Å²) in [7, 11) is 0. The zero-order valence-electron chi connectivity index (χ0n) is 11.9. The molecular weight excluding hydrogens is 262 g/mol. The Kier molecular flexibility index (Phi) is 4.13. The molecule has 104 valence electrons. The summed E-state index contributed by atoms with van der Waals surface area (Å²) in [5.41, 5.74) is 10.2. The van der Waals surface area contributed by atoms with E-state index < -0.39 is 0 Å². The number of benzene rings is 2. The molecule has 1 unspecified atom stereocenters. The van der Waals surface area contributed by atoms with E-state index in [1.54, 1.807) is 0 Å². The largest absolute Gasteiger partial charge is 0.330 e. The predicted molar refractivity (Wildman–Crippen MR) is 86.5 cm³/mol. The van der Waals surface area contributed by atoms with Crippen LogP contribution in [0.15, 0.2) is 52.3 Å². The van der Waals surface area contributed by atoms with Gasteiger partial charge in [0.25, 0.3) is 0 Å². The van der Waals surface area contributed by atoms with E-state index in [2.05, 4.69) is 49.4 Å². The van der Waals surface area contributed by atoms with Crippen LogP contribution < -0.4 is 5.73 Å². The minimum atomic E-state index is 0.566. The number of hydrogen-bond donors (Lipinski definition) is 1. The fourth-order valence-corrected chi connectivity index (χ4v) is 4.02. The molecule has 1 nitrogen and oxygen atoms in total. The number of fused-ring (bicyclic) bond motifs is 1. The first kappa shape index (κ1) is 13.7. The van der Waals surface area contributed by atoms with Crippen molar-refractivity contribution in [1.82, 2.24) is 0 Å². The molecule has 1 aliphatic rings. The van der Waals surface area contributed by atoms with Gasteiger partial charge in [0.1, 0.15) is 0 Å². The van der Waals surface area contributed by atoms with Gasteiger partial charge >= 0.3 is 0 Å². The number of aryl methyl sites for hydroxylation is 2. The molecule has 2 heteroatoms. The van der Waals surface area contributed by atoms with Gasteiger partial charge in [0.15, 0.2) is 0 Å². The highest BCUT2D eigenvalue weighted by molar-refractivity contribution is 7.99. The molecule has 0 bridgehead atoms. The van der Waals surface area contributed by atoms with Crippen LogP contribution in [0.4, 0.5) is 0 Å². The zero-order chi connectivity index (χ0) is 13.9. The minimum Gasteiger partial charge on any atom is -0.330 e. The van der Waals surface area contributed by atoms with Gasteiger partial charge in [-0.1, -0.05) is 35.5 Å². The van der Waals surface area contributed by atoms with E-state index in [9.17, 15) is 0 Å². The molecule has 20 heavy (non-hydrogen) atoms. The molecule has 0 spiro atoms. The number of rotatable bonds is 3. The molecule has 0 saturated carbocycles. The second-order valence-electron chi connectivity index (χ2n) is 5.60. The van der Waals surface area contributed by atoms with E-state index in [0.29, 0.717) is 5.92 Å². The molecule has 0 aromatic heterocycles. The van der Waals surface area contributed by atoms with E-state index in [1.807, 2.05) is 11.8 Å². The average Bonchev–Trinajstić information content (AvgIpc) is 2.46. The van der Waals surface area contributed by atoms with E-state index >= 15 is 0 Å². The second kappa shape index (κ2) is 6.02. The number of hydrogen-bond acceptors (Lipinski definition) is 2. The average molecular weight is 283 g/mol. The molecular formula is C18H21NS. The third-order valence-corrected chi connectivity index (χ3v) is 5.04. The molecule has 0 saturated heterocycles. The summed E-state index contributed by atoms with van der Waals surface area (Å²) >= 11 is 1.85. The van der Waals surface area contributed by atoms with Crippen molar-refractivity contribution < 1.29 is 0 Å². The van der Waals surface area contributed by atoms with Crippen LogP contribution in [0, 0.1) is 6.92 Å². The Bertz CT molecular complexity index is 606. The van der Waals surface area contributed by atoms with E-state index in [-0.39, 0.29) is 0 Å². The zero-order valence-corrected chi connectivity index (χ0v) is 12.7. The quantitative estimate of drug-likeness (QED) is 0.896. The third kappa shape index (κ3) is 2.92. The fraction of sp³-hybridized carbons (Fsp3) is 0.333. The van der Waals surface area contributed by atoms with Crippen molar-refractivity contribution in [2.24, 2.45) is 5.73 Å². The molecule has 0 aliphatic heterocycles. The molecule has 0 fully saturated rings. The molecule has 2 aromatic carbocycles. The van der Waals surface area contributed by atoms with Crippen molar-refractivity contribution in [3.63, 3.8) is 0 Å². The first-order valence-corrected chi connectivity index (χ1v) is 8.15. The molecule has 2 aromatic rings. The van der Waals surface area contributed by atoms with Gasteiger partial charge < -0.3 is 5.73 Å². The van der Waals surface area contributed by atoms with Gasteiger partial charge in [0.05, 0.1) is 0 Å². The van der Waals surface area contributed by atoms with Crippen LogP contribution in [-0.4, -0.2) is 6.54 Å². The smallest absolute Gasteiger partial charge is 0.0125 e. The maximum Gasteiger partial charge on any atom is 0.0125 e. The van der Waals surface area contributed by atoms with Crippen molar-refractivity contribution in [3.05, 3.63) is 59.2 Å². The normalized spacial score (nSPS) is 17.8. The SMILES string of the molecule is Cc1cccc(Sc2ccc3c(c2)CCCC3CN)c1. The Labute approximate surface area is 125 Å². The van der Waals surface area contributed by atoms with Crippen LogP contribution in [0.25, 0.3) is 0 Å². The molecule has 0 radical (unpaired) electrons. The van der Waals surface area contributed by atoms with Gasteiger partial charge in [0.2, 0.25) is 0 Å². The van der Waals surface area contributed by atoms with Crippen molar-refractivity contribution >= 4 is 11.8 Å². The van der Waals surface area contributed by atoms with Crippen LogP contribution in [0.3, 0.4) is 0 Å². The lowest BCUT2D eigenvalue weighted by molar-refractivity contribution is 0.560. The molecule has 1 aliphatic carbocycles. The maximum absolute atomic E-state index is 5.89. The summed E-state index contributed by atoms with van der Waals surface area (Å²) in [6.07, 6.45) is 3.72. The van der Waals surface area contributed by atoms with Gasteiger partial charge in [-0.2, -0.15) is 0 Å². The predicted octanol–water partition coefficient (Wildman–Crippen LogP) is 4.52. The van der Waals surface area contributed by atoms with Crippen LogP contribution in [-0.2, 0) is 6.42 Å². The van der Waals surface area contributed by atoms with Crippen molar-refractivity contribution in [1.29, 1.82) is 0 Å². The lowest BCUT2D eigenvalue weighted by atomic mass is 9.83. The summed E-state index contributed by atoms with van der Waals surface area (Å²) in [6, 6.07) is 15.6. The summed E-state index contributed by atoms with van der Waals surface area (Å²) in [5.74, 6) is 0.566. The van der Waals surface area contributed by atoms with E-state index in [1.165, 1.54) is 45.7 Å². The first-order valence-electron chi connectivity index (χ1n) is 7.33. The second-order valence-corrected chi connectivity index (χ2v) is 6.75. The Hall–Kier alpha value is -1.25. The molecule has 0 amide bonds. The summed E-state index contributed by atoms with van der Waals surface area (Å²) in [4.78, 5) is 2.66. The van der Waals surface area contributed by atoms with Gasteiger partial charge in [0, 0.05) is 9.79 Å². The van der Waals surface area contributed by atoms with Crippen LogP contribution >= 0.6 is 11.8 Å². The van der Waals surface area contributed by atoms with E-state index in [4.69, 9.17) is 5.73 Å². The fourth-order valence-electron chi connectivity index (χ4n) is 3.01. The van der Waals surface area contributed by atoms with Crippen molar-refractivity contribution in [3.8, 4) is 0 Å². The van der Waals surface area contributed by atoms with E-state index in [0.717, 1.165) is 6.54 Å². The van der Waals surface area contributed by atoms with Gasteiger partial charge in [-0.05, 0) is 74.0 Å². The summed E-state index contributed by atoms with van der Waals surface area (Å²) in [5, 5.41) is 0. The number of nitrogens with two attached hydrogens (primary N) is 1. The maximum atomic E-state index is 5.89. The highest BCUT2D eigenvalue weighted by atomic mass is 32.2. The minimum absolute atomic E-state index is 0.566. The highest BCUT2D eigenvalue weighted by Crippen LogP contribution is 2.35. The monoisotopic (exact) mass is 283 g/mol. The standard InChI is InChI=1S/C18H21NS/c1-13-4-2-7-16(10-13)20-17-8-9-18-14(11-17)5-3-6-15(18)12-19/h2,4,7-11,15H,3,5-6,12,19H2,1H3. The van der Waals surface area contributed by atoms with Crippen molar-refractivity contribution in [2.45, 2.75) is 41.9 Å². The molecule has 1 atom stereocenters. The summed E-state index contributed by atoms with van der Waals surface area (Å²) < 4.78 is 0. The Morgan fingerprint density at radius 3 is 2.80 bits per heavy atom. The lowest BCUT2D eigenvalue weighted by Gasteiger charge is -2.24. The van der Waals surface area contributed by atoms with Crippen molar-refractivity contribution in [2.75, 3.05) is 6.54 Å². The van der Waals surface area contributed by atoms with Gasteiger partial charge in [-0.15, -0.1) is 0 Å². The lowest BCUT2D eigenvalue weighted by Crippen LogP contribution is -2.18. The Morgan fingerprint density at radius 1 is 1.15 bits per heavy atom. The third-order valence-electron chi connectivity index (χ3n) is 4.06. The van der Waals surface area contributed by atoms with Crippen LogP contribution in [0.1, 0.15) is 35.4 Å². The van der Waals surface area contributed by atoms with Crippen LogP contribution in [0.2, 0.25) is 0 Å². The Balaban J connectivity index is 1.85. The Morgan fingerprint density at radius 2 is 2.00 bits per heavy atom. The van der Waals surface area contributed by atoms with Gasteiger partial charge in [-0.25, -0.2) is 0 Å². The molecule has 3 rings (SSSR count). The molecule has 2 N–H and O–H groups in total. The van der Waals surface area contributed by atoms with Crippen LogP contribution in [0.5, 0.6) is 0 Å². The summed E-state index contributed by atoms with van der Waals surface area (Å²) in [6.45, 7) is 2.92. The first-order chi connectivity index (χ1) is 9.76. The topological polar surface area (TPSA) is 26.0 Å². The highest BCUT2D eigenvalue weighted by Gasteiger charge is 2.19.